The molecular weight excluding hydrogens is 290 g/mol. The fourth-order valence-electron chi connectivity index (χ4n) is 2.51. The van der Waals surface area contributed by atoms with Crippen molar-refractivity contribution in [3.05, 3.63) is 23.2 Å². The average molecular weight is 312 g/mol. The smallest absolute Gasteiger partial charge is 0.321 e. The highest BCUT2D eigenvalue weighted by molar-refractivity contribution is 6.31. The lowest BCUT2D eigenvalue weighted by atomic mass is 9.98. The molecule has 6 heteroatoms. The van der Waals surface area contributed by atoms with Gasteiger partial charge in [0, 0.05) is 38.8 Å². The largest absolute Gasteiger partial charge is 0.396 e. The molecule has 1 aliphatic rings. The molecule has 0 radical (unpaired) electrons. The Hall–Kier alpha value is -1.46. The van der Waals surface area contributed by atoms with E-state index in [2.05, 4.69) is 5.32 Å². The third-order valence-corrected chi connectivity index (χ3v) is 4.08. The van der Waals surface area contributed by atoms with Gasteiger partial charge < -0.3 is 20.2 Å². The lowest BCUT2D eigenvalue weighted by Crippen LogP contribution is -2.41. The number of aliphatic hydroxyl groups excluding tert-OH is 1. The van der Waals surface area contributed by atoms with E-state index in [1.807, 2.05) is 25.1 Å². The SMILES string of the molecule is CN(C)c1ccc(Cl)cc1NC(=O)N1CCC(CO)CC1. The van der Waals surface area contributed by atoms with Crippen LogP contribution in [-0.2, 0) is 0 Å². The van der Waals surface area contributed by atoms with Crippen LogP contribution in [-0.4, -0.2) is 49.8 Å². The van der Waals surface area contributed by atoms with Gasteiger partial charge in [-0.15, -0.1) is 0 Å². The highest BCUT2D eigenvalue weighted by Crippen LogP contribution is 2.28. The zero-order chi connectivity index (χ0) is 15.4. The molecule has 116 valence electrons. The summed E-state index contributed by atoms with van der Waals surface area (Å²) < 4.78 is 0. The van der Waals surface area contributed by atoms with Crippen molar-refractivity contribution >= 4 is 29.0 Å². The number of likely N-dealkylation sites (tertiary alicyclic amines) is 1. The minimum Gasteiger partial charge on any atom is -0.396 e. The van der Waals surface area contributed by atoms with E-state index in [0.717, 1.165) is 18.5 Å². The van der Waals surface area contributed by atoms with Crippen LogP contribution >= 0.6 is 11.6 Å². The molecule has 1 aromatic rings. The van der Waals surface area contributed by atoms with Gasteiger partial charge in [0.2, 0.25) is 0 Å². The van der Waals surface area contributed by atoms with E-state index in [0.29, 0.717) is 29.7 Å². The summed E-state index contributed by atoms with van der Waals surface area (Å²) in [6.45, 7) is 1.55. The number of anilines is 2. The van der Waals surface area contributed by atoms with Gasteiger partial charge in [0.25, 0.3) is 0 Å². The second-order valence-electron chi connectivity index (χ2n) is 5.60. The number of nitrogens with zero attached hydrogens (tertiary/aromatic N) is 2. The number of piperidine rings is 1. The molecule has 1 aliphatic heterocycles. The van der Waals surface area contributed by atoms with E-state index in [1.165, 1.54) is 0 Å². The first kappa shape index (κ1) is 15.9. The van der Waals surface area contributed by atoms with Crippen molar-refractivity contribution in [2.75, 3.05) is 44.0 Å². The lowest BCUT2D eigenvalue weighted by Gasteiger charge is -2.31. The van der Waals surface area contributed by atoms with Crippen LogP contribution in [0.5, 0.6) is 0 Å². The Morgan fingerprint density at radius 2 is 2.10 bits per heavy atom. The van der Waals surface area contributed by atoms with E-state index in [4.69, 9.17) is 16.7 Å². The molecule has 0 spiro atoms. The van der Waals surface area contributed by atoms with Crippen LogP contribution in [0.1, 0.15) is 12.8 Å². The number of urea groups is 1. The molecule has 1 fully saturated rings. The summed E-state index contributed by atoms with van der Waals surface area (Å²) in [5, 5.41) is 12.7. The van der Waals surface area contributed by atoms with Crippen LogP contribution < -0.4 is 10.2 Å². The molecule has 0 aliphatic carbocycles. The topological polar surface area (TPSA) is 55.8 Å². The molecule has 0 unspecified atom stereocenters. The first-order valence-electron chi connectivity index (χ1n) is 7.15. The highest BCUT2D eigenvalue weighted by atomic mass is 35.5. The molecule has 5 nitrogen and oxygen atoms in total. The van der Waals surface area contributed by atoms with E-state index < -0.39 is 0 Å². The first-order valence-corrected chi connectivity index (χ1v) is 7.52. The molecule has 0 saturated carbocycles. The number of hydrogen-bond donors (Lipinski definition) is 2. The number of hydrogen-bond acceptors (Lipinski definition) is 3. The first-order chi connectivity index (χ1) is 10.0. The van der Waals surface area contributed by atoms with Gasteiger partial charge in [0.1, 0.15) is 0 Å². The highest BCUT2D eigenvalue weighted by Gasteiger charge is 2.23. The third kappa shape index (κ3) is 4.02. The van der Waals surface area contributed by atoms with Crippen molar-refractivity contribution in [2.45, 2.75) is 12.8 Å². The number of rotatable bonds is 3. The van der Waals surface area contributed by atoms with Gasteiger partial charge in [-0.25, -0.2) is 4.79 Å². The summed E-state index contributed by atoms with van der Waals surface area (Å²) in [6.07, 6.45) is 1.69. The second-order valence-corrected chi connectivity index (χ2v) is 6.04. The Morgan fingerprint density at radius 1 is 1.43 bits per heavy atom. The molecule has 21 heavy (non-hydrogen) atoms. The van der Waals surface area contributed by atoms with E-state index >= 15 is 0 Å². The maximum atomic E-state index is 12.3. The van der Waals surface area contributed by atoms with Crippen molar-refractivity contribution in [1.29, 1.82) is 0 Å². The van der Waals surface area contributed by atoms with Crippen molar-refractivity contribution < 1.29 is 9.90 Å². The number of carbonyl (C=O) groups excluding carboxylic acids is 1. The summed E-state index contributed by atoms with van der Waals surface area (Å²) in [5.74, 6) is 0.317. The standard InChI is InChI=1S/C15H22ClN3O2/c1-18(2)14-4-3-12(16)9-13(14)17-15(21)19-7-5-11(10-20)6-8-19/h3-4,9,11,20H,5-8,10H2,1-2H3,(H,17,21). The molecular formula is C15H22ClN3O2. The summed E-state index contributed by atoms with van der Waals surface area (Å²) in [6, 6.07) is 5.33. The van der Waals surface area contributed by atoms with Crippen LogP contribution in [0.4, 0.5) is 16.2 Å². The zero-order valence-electron chi connectivity index (χ0n) is 12.5. The van der Waals surface area contributed by atoms with Crippen molar-refractivity contribution in [3.63, 3.8) is 0 Å². The van der Waals surface area contributed by atoms with Crippen molar-refractivity contribution in [2.24, 2.45) is 5.92 Å². The van der Waals surface area contributed by atoms with E-state index in [-0.39, 0.29) is 12.6 Å². The number of benzene rings is 1. The van der Waals surface area contributed by atoms with Gasteiger partial charge in [-0.3, -0.25) is 0 Å². The average Bonchev–Trinajstić information content (AvgIpc) is 2.47. The molecule has 2 rings (SSSR count). The van der Waals surface area contributed by atoms with Gasteiger partial charge in [-0.1, -0.05) is 11.6 Å². The predicted octanol–water partition coefficient (Wildman–Crippen LogP) is 2.64. The number of carbonyl (C=O) groups is 1. The van der Waals surface area contributed by atoms with Gasteiger partial charge in [0.05, 0.1) is 11.4 Å². The van der Waals surface area contributed by atoms with Crippen molar-refractivity contribution in [3.8, 4) is 0 Å². The molecule has 0 atom stereocenters. The Balaban J connectivity index is 2.04. The van der Waals surface area contributed by atoms with Crippen LogP contribution in [0, 0.1) is 5.92 Å². The number of halogens is 1. The normalized spacial score (nSPS) is 15.9. The van der Waals surface area contributed by atoms with Crippen LogP contribution in [0.25, 0.3) is 0 Å². The second kappa shape index (κ2) is 7.00. The summed E-state index contributed by atoms with van der Waals surface area (Å²) in [5.41, 5.74) is 1.62. The molecule has 2 N–H and O–H groups in total. The minimum atomic E-state index is -0.114. The van der Waals surface area contributed by atoms with E-state index in [9.17, 15) is 4.79 Å². The lowest BCUT2D eigenvalue weighted by molar-refractivity contribution is 0.143. The quantitative estimate of drug-likeness (QED) is 0.902. The molecule has 0 aromatic heterocycles. The maximum Gasteiger partial charge on any atom is 0.321 e. The number of nitrogens with one attached hydrogen (secondary N) is 1. The fraction of sp³-hybridized carbons (Fsp3) is 0.533. The van der Waals surface area contributed by atoms with Crippen LogP contribution in [0.2, 0.25) is 5.02 Å². The number of amides is 2. The predicted molar refractivity (Wildman–Crippen MR) is 86.2 cm³/mol. The van der Waals surface area contributed by atoms with Gasteiger partial charge in [-0.2, -0.15) is 0 Å². The monoisotopic (exact) mass is 311 g/mol. The Kier molecular flexibility index (Phi) is 5.31. The number of aliphatic hydroxyl groups is 1. The third-order valence-electron chi connectivity index (χ3n) is 3.84. The van der Waals surface area contributed by atoms with Gasteiger partial charge in [0.15, 0.2) is 0 Å². The Morgan fingerprint density at radius 3 is 2.67 bits per heavy atom. The minimum absolute atomic E-state index is 0.114. The Labute approximate surface area is 130 Å². The zero-order valence-corrected chi connectivity index (χ0v) is 13.2. The summed E-state index contributed by atoms with van der Waals surface area (Å²) in [4.78, 5) is 16.1. The molecule has 2 amide bonds. The van der Waals surface area contributed by atoms with E-state index in [1.54, 1.807) is 17.0 Å². The summed E-state index contributed by atoms with van der Waals surface area (Å²) >= 11 is 6.02. The maximum absolute atomic E-state index is 12.3. The Bertz CT molecular complexity index is 500. The molecule has 0 bridgehead atoms. The fourth-order valence-corrected chi connectivity index (χ4v) is 2.68. The van der Waals surface area contributed by atoms with Gasteiger partial charge >= 0.3 is 6.03 Å². The summed E-state index contributed by atoms with van der Waals surface area (Å²) in [7, 11) is 3.84. The van der Waals surface area contributed by atoms with Crippen molar-refractivity contribution in [1.82, 2.24) is 4.90 Å². The molecule has 1 heterocycles. The van der Waals surface area contributed by atoms with Crippen LogP contribution in [0.3, 0.4) is 0 Å². The molecule has 1 saturated heterocycles. The van der Waals surface area contributed by atoms with Gasteiger partial charge in [-0.05, 0) is 37.0 Å². The van der Waals surface area contributed by atoms with Crippen LogP contribution in [0.15, 0.2) is 18.2 Å². The molecule has 1 aromatic carbocycles.